The average Bonchev–Trinajstić information content (AvgIpc) is 3.36. The second-order valence-electron chi connectivity index (χ2n) is 8.24. The topological polar surface area (TPSA) is 76.8 Å². The van der Waals surface area contributed by atoms with Gasteiger partial charge in [0.05, 0.1) is 12.3 Å². The Bertz CT molecular complexity index is 1070. The third-order valence-electron chi connectivity index (χ3n) is 5.97. The second kappa shape index (κ2) is 8.13. The zero-order valence-electron chi connectivity index (χ0n) is 17.9. The number of benzene rings is 2. The van der Waals surface area contributed by atoms with Gasteiger partial charge in [0.2, 0.25) is 5.91 Å². The average molecular weight is 421 g/mol. The number of hydrogen-bond acceptors (Lipinski definition) is 6. The Morgan fingerprint density at radius 2 is 2.06 bits per heavy atom. The van der Waals surface area contributed by atoms with Gasteiger partial charge in [0.25, 0.3) is 6.01 Å². The third-order valence-corrected chi connectivity index (χ3v) is 5.97. The number of fused-ring (bicyclic) bond motifs is 2. The molecule has 3 heterocycles. The number of anilines is 2. The molecule has 0 radical (unpaired) electrons. The molecule has 2 aromatic carbocycles. The third kappa shape index (κ3) is 3.92. The van der Waals surface area contributed by atoms with Crippen LogP contribution < -0.4 is 19.7 Å². The monoisotopic (exact) mass is 421 g/mol. The van der Waals surface area contributed by atoms with E-state index in [0.717, 1.165) is 54.8 Å². The van der Waals surface area contributed by atoms with Gasteiger partial charge in [-0.3, -0.25) is 4.79 Å². The van der Waals surface area contributed by atoms with Crippen LogP contribution >= 0.6 is 0 Å². The fourth-order valence-electron chi connectivity index (χ4n) is 4.38. The quantitative estimate of drug-likeness (QED) is 0.658. The molecular formula is C24H27N3O4. The van der Waals surface area contributed by atoms with E-state index in [4.69, 9.17) is 13.9 Å². The highest BCUT2D eigenvalue weighted by atomic mass is 16.5. The van der Waals surface area contributed by atoms with Crippen molar-refractivity contribution < 1.29 is 18.7 Å². The molecule has 1 atom stereocenters. The van der Waals surface area contributed by atoms with Gasteiger partial charge in [-0.2, -0.15) is 4.98 Å². The summed E-state index contributed by atoms with van der Waals surface area (Å²) in [5.41, 5.74) is 3.45. The normalized spacial score (nSPS) is 18.6. The van der Waals surface area contributed by atoms with Crippen LogP contribution in [-0.4, -0.2) is 36.7 Å². The highest BCUT2D eigenvalue weighted by Gasteiger charge is 2.29. The summed E-state index contributed by atoms with van der Waals surface area (Å²) < 4.78 is 17.5. The van der Waals surface area contributed by atoms with Gasteiger partial charge in [0.15, 0.2) is 5.58 Å². The van der Waals surface area contributed by atoms with E-state index in [-0.39, 0.29) is 17.9 Å². The van der Waals surface area contributed by atoms with Crippen molar-refractivity contribution in [2.24, 2.45) is 5.92 Å². The zero-order valence-corrected chi connectivity index (χ0v) is 17.9. The van der Waals surface area contributed by atoms with Crippen LogP contribution in [0.5, 0.6) is 11.5 Å². The molecule has 31 heavy (non-hydrogen) atoms. The number of nitrogens with one attached hydrogen (secondary N) is 1. The number of rotatable bonds is 5. The number of hydrogen-bond donors (Lipinski definition) is 1. The molecule has 3 aromatic rings. The molecule has 2 aliphatic heterocycles. The number of piperidine rings is 1. The van der Waals surface area contributed by atoms with E-state index in [1.165, 1.54) is 0 Å². The smallest absolute Gasteiger partial charge is 0.298 e. The number of oxazole rings is 1. The molecule has 1 N–H and O–H groups in total. The van der Waals surface area contributed by atoms with Crippen molar-refractivity contribution in [3.8, 4) is 11.5 Å². The lowest BCUT2D eigenvalue weighted by Crippen LogP contribution is -2.38. The molecule has 5 rings (SSSR count). The molecule has 162 valence electrons. The summed E-state index contributed by atoms with van der Waals surface area (Å²) in [6.45, 7) is 5.99. The van der Waals surface area contributed by atoms with E-state index in [0.29, 0.717) is 24.1 Å². The maximum atomic E-state index is 13.0. The maximum absolute atomic E-state index is 13.0. The van der Waals surface area contributed by atoms with E-state index in [1.807, 2.05) is 50.2 Å². The Morgan fingerprint density at radius 3 is 2.84 bits per heavy atom. The highest BCUT2D eigenvalue weighted by Crippen LogP contribution is 2.38. The van der Waals surface area contributed by atoms with E-state index in [9.17, 15) is 4.79 Å². The molecule has 1 fully saturated rings. The first-order valence-electron chi connectivity index (χ1n) is 11.0. The minimum atomic E-state index is -0.0665. The Kier molecular flexibility index (Phi) is 5.18. The molecule has 0 spiro atoms. The van der Waals surface area contributed by atoms with Gasteiger partial charge in [-0.1, -0.05) is 12.1 Å². The highest BCUT2D eigenvalue weighted by molar-refractivity contribution is 5.94. The molecule has 0 aliphatic carbocycles. The standard InChI is InChI=1S/C24H27N3O4/c1-3-29-22-13-17-12-15(2)30-21(17)14-19(22)25-23(28)16-8-10-27(11-9-16)24-26-18-6-4-5-7-20(18)31-24/h4-7,13-16H,3,8-12H2,1-2H3,(H,25,28)/t15-/m0/s1. The second-order valence-corrected chi connectivity index (χ2v) is 8.24. The predicted molar refractivity (Wildman–Crippen MR) is 119 cm³/mol. The first-order valence-corrected chi connectivity index (χ1v) is 11.0. The Labute approximate surface area is 181 Å². The summed E-state index contributed by atoms with van der Waals surface area (Å²) in [4.78, 5) is 19.7. The molecule has 2 aliphatic rings. The van der Waals surface area contributed by atoms with Crippen molar-refractivity contribution in [3.05, 3.63) is 42.0 Å². The number of carbonyl (C=O) groups is 1. The van der Waals surface area contributed by atoms with E-state index in [1.54, 1.807) is 0 Å². The summed E-state index contributed by atoms with van der Waals surface area (Å²) in [7, 11) is 0. The molecular weight excluding hydrogens is 394 g/mol. The van der Waals surface area contributed by atoms with Crippen LogP contribution in [0.4, 0.5) is 11.7 Å². The number of carbonyl (C=O) groups excluding carboxylic acids is 1. The SMILES string of the molecule is CCOc1cc2c(cc1NC(=O)C1CCN(c3nc4ccccc4o3)CC1)O[C@@H](C)C2. The van der Waals surface area contributed by atoms with E-state index < -0.39 is 0 Å². The lowest BCUT2D eigenvalue weighted by Gasteiger charge is -2.30. The van der Waals surface area contributed by atoms with Gasteiger partial charge in [-0.15, -0.1) is 0 Å². The van der Waals surface area contributed by atoms with Crippen molar-refractivity contribution in [3.63, 3.8) is 0 Å². The molecule has 0 bridgehead atoms. The number of ether oxygens (including phenoxy) is 2. The maximum Gasteiger partial charge on any atom is 0.298 e. The van der Waals surface area contributed by atoms with E-state index in [2.05, 4.69) is 15.2 Å². The molecule has 7 nitrogen and oxygen atoms in total. The van der Waals surface area contributed by atoms with Gasteiger partial charge in [0, 0.05) is 37.1 Å². The zero-order chi connectivity index (χ0) is 21.4. The minimum Gasteiger partial charge on any atom is -0.492 e. The van der Waals surface area contributed by atoms with Crippen LogP contribution in [0.1, 0.15) is 32.3 Å². The summed E-state index contributed by atoms with van der Waals surface area (Å²) >= 11 is 0. The fraction of sp³-hybridized carbons (Fsp3) is 0.417. The van der Waals surface area contributed by atoms with Crippen molar-refractivity contribution >= 4 is 28.7 Å². The number of aromatic nitrogens is 1. The van der Waals surface area contributed by atoms with Crippen LogP contribution in [0.25, 0.3) is 11.1 Å². The van der Waals surface area contributed by atoms with Gasteiger partial charge in [-0.25, -0.2) is 0 Å². The lowest BCUT2D eigenvalue weighted by molar-refractivity contribution is -0.120. The number of amides is 1. The van der Waals surface area contributed by atoms with Gasteiger partial charge < -0.3 is 24.1 Å². The Balaban J connectivity index is 1.25. The van der Waals surface area contributed by atoms with Crippen molar-refractivity contribution in [2.75, 3.05) is 29.9 Å². The summed E-state index contributed by atoms with van der Waals surface area (Å²) in [6, 6.07) is 12.3. The first-order chi connectivity index (χ1) is 15.1. The van der Waals surface area contributed by atoms with Crippen LogP contribution in [0.3, 0.4) is 0 Å². The summed E-state index contributed by atoms with van der Waals surface area (Å²) in [6.07, 6.45) is 2.49. The van der Waals surface area contributed by atoms with Gasteiger partial charge >= 0.3 is 0 Å². The molecule has 0 saturated carbocycles. The first kappa shape index (κ1) is 19.7. The van der Waals surface area contributed by atoms with Crippen molar-refractivity contribution in [2.45, 2.75) is 39.2 Å². The molecule has 0 unspecified atom stereocenters. The lowest BCUT2D eigenvalue weighted by atomic mass is 9.96. The summed E-state index contributed by atoms with van der Waals surface area (Å²) in [5.74, 6) is 1.49. The molecule has 1 amide bonds. The summed E-state index contributed by atoms with van der Waals surface area (Å²) in [5, 5.41) is 3.08. The number of para-hydroxylation sites is 2. The fourth-order valence-corrected chi connectivity index (χ4v) is 4.38. The van der Waals surface area contributed by atoms with Crippen LogP contribution in [0.15, 0.2) is 40.8 Å². The van der Waals surface area contributed by atoms with E-state index >= 15 is 0 Å². The molecule has 1 saturated heterocycles. The van der Waals surface area contributed by atoms with Crippen molar-refractivity contribution in [1.82, 2.24) is 4.98 Å². The Morgan fingerprint density at radius 1 is 1.26 bits per heavy atom. The molecule has 7 heteroatoms. The largest absolute Gasteiger partial charge is 0.492 e. The van der Waals surface area contributed by atoms with Crippen LogP contribution in [0.2, 0.25) is 0 Å². The molecule has 1 aromatic heterocycles. The van der Waals surface area contributed by atoms with Gasteiger partial charge in [0.1, 0.15) is 23.1 Å². The van der Waals surface area contributed by atoms with Crippen LogP contribution in [-0.2, 0) is 11.2 Å². The van der Waals surface area contributed by atoms with Crippen molar-refractivity contribution in [1.29, 1.82) is 0 Å². The minimum absolute atomic E-state index is 0.0177. The number of nitrogens with zero attached hydrogens (tertiary/aromatic N) is 2. The Hall–Kier alpha value is -3.22. The van der Waals surface area contributed by atoms with Gasteiger partial charge in [-0.05, 0) is 44.9 Å². The van der Waals surface area contributed by atoms with Crippen LogP contribution in [0, 0.1) is 5.92 Å². The predicted octanol–water partition coefficient (Wildman–Crippen LogP) is 4.41.